The van der Waals surface area contributed by atoms with Gasteiger partial charge >= 0.3 is 0 Å². The van der Waals surface area contributed by atoms with Crippen LogP contribution in [-0.2, 0) is 11.2 Å². The summed E-state index contributed by atoms with van der Waals surface area (Å²) < 4.78 is 0. The van der Waals surface area contributed by atoms with Gasteiger partial charge in [-0.05, 0) is 18.6 Å². The zero-order chi connectivity index (χ0) is 9.84. The number of carbonyl (C=O) groups excluding carboxylic acids is 1. The normalized spacial score (nSPS) is 12.5. The van der Waals surface area contributed by atoms with Crippen molar-refractivity contribution in [2.24, 2.45) is 11.5 Å². The number of aryl methyl sites for hydroxylation is 1. The molecule has 1 atom stereocenters. The second-order valence-corrected chi connectivity index (χ2v) is 2.98. The van der Waals surface area contributed by atoms with Gasteiger partial charge in [-0.1, -0.05) is 6.07 Å². The van der Waals surface area contributed by atoms with Crippen molar-refractivity contribution in [1.82, 2.24) is 4.98 Å². The summed E-state index contributed by atoms with van der Waals surface area (Å²) in [6, 6.07) is 3.12. The summed E-state index contributed by atoms with van der Waals surface area (Å²) in [6.07, 6.45) is 2.08. The van der Waals surface area contributed by atoms with Crippen LogP contribution in [0.3, 0.4) is 0 Å². The van der Waals surface area contributed by atoms with Crippen molar-refractivity contribution in [1.29, 1.82) is 0 Å². The van der Waals surface area contributed by atoms with Crippen LogP contribution in [0.25, 0.3) is 0 Å². The molecule has 1 heterocycles. The molecule has 0 spiro atoms. The molecule has 70 valence electrons. The molecule has 1 aromatic heterocycles. The standard InChI is InChI=1S/C9H13N3O/c1-6-3-2-4-12-8(6)5-7(10)9(11)13/h2-4,7H,5,10H2,1H3,(H2,11,13). The van der Waals surface area contributed by atoms with Gasteiger partial charge < -0.3 is 11.5 Å². The highest BCUT2D eigenvalue weighted by atomic mass is 16.1. The highest BCUT2D eigenvalue weighted by Crippen LogP contribution is 2.04. The van der Waals surface area contributed by atoms with Crippen molar-refractivity contribution >= 4 is 5.91 Å². The number of nitrogens with zero attached hydrogens (tertiary/aromatic N) is 1. The minimum Gasteiger partial charge on any atom is -0.368 e. The summed E-state index contributed by atoms with van der Waals surface area (Å²) in [5.74, 6) is -0.495. The van der Waals surface area contributed by atoms with Crippen LogP contribution < -0.4 is 11.5 Å². The van der Waals surface area contributed by atoms with Gasteiger partial charge in [0.25, 0.3) is 0 Å². The van der Waals surface area contributed by atoms with Crippen LogP contribution in [0, 0.1) is 6.92 Å². The summed E-state index contributed by atoms with van der Waals surface area (Å²) >= 11 is 0. The van der Waals surface area contributed by atoms with E-state index < -0.39 is 11.9 Å². The van der Waals surface area contributed by atoms with Crippen LogP contribution in [0.2, 0.25) is 0 Å². The first kappa shape index (κ1) is 9.67. The number of rotatable bonds is 3. The largest absolute Gasteiger partial charge is 0.368 e. The van der Waals surface area contributed by atoms with Crippen LogP contribution in [0.4, 0.5) is 0 Å². The Kier molecular flexibility index (Phi) is 2.97. The van der Waals surface area contributed by atoms with Crippen molar-refractivity contribution < 1.29 is 4.79 Å². The predicted octanol–water partition coefficient (Wildman–Crippen LogP) is -0.255. The van der Waals surface area contributed by atoms with E-state index in [9.17, 15) is 4.79 Å². The van der Waals surface area contributed by atoms with Crippen LogP contribution in [0.5, 0.6) is 0 Å². The Balaban J connectivity index is 2.74. The number of primary amides is 1. The summed E-state index contributed by atoms with van der Waals surface area (Å²) in [5.41, 5.74) is 12.4. The van der Waals surface area contributed by atoms with Gasteiger partial charge in [0.1, 0.15) is 0 Å². The molecule has 13 heavy (non-hydrogen) atoms. The maximum atomic E-state index is 10.7. The average molecular weight is 179 g/mol. The van der Waals surface area contributed by atoms with E-state index in [1.807, 2.05) is 19.1 Å². The number of hydrogen-bond donors (Lipinski definition) is 2. The monoisotopic (exact) mass is 179 g/mol. The van der Waals surface area contributed by atoms with E-state index >= 15 is 0 Å². The Hall–Kier alpha value is -1.42. The number of hydrogen-bond acceptors (Lipinski definition) is 3. The first-order valence-electron chi connectivity index (χ1n) is 4.06. The molecule has 4 nitrogen and oxygen atoms in total. The van der Waals surface area contributed by atoms with Gasteiger partial charge in [0, 0.05) is 18.3 Å². The van der Waals surface area contributed by atoms with Crippen molar-refractivity contribution in [2.45, 2.75) is 19.4 Å². The number of amides is 1. The smallest absolute Gasteiger partial charge is 0.234 e. The second kappa shape index (κ2) is 4.00. The lowest BCUT2D eigenvalue weighted by atomic mass is 10.1. The molecule has 0 saturated carbocycles. The predicted molar refractivity (Wildman–Crippen MR) is 49.8 cm³/mol. The van der Waals surface area contributed by atoms with E-state index in [0.717, 1.165) is 11.3 Å². The quantitative estimate of drug-likeness (QED) is 0.671. The molecule has 0 aliphatic carbocycles. The molecule has 0 aliphatic heterocycles. The highest BCUT2D eigenvalue weighted by Gasteiger charge is 2.11. The fourth-order valence-corrected chi connectivity index (χ4v) is 1.04. The third kappa shape index (κ3) is 2.52. The second-order valence-electron chi connectivity index (χ2n) is 2.98. The molecular formula is C9H13N3O. The van der Waals surface area contributed by atoms with Crippen molar-refractivity contribution in [3.63, 3.8) is 0 Å². The Labute approximate surface area is 77.0 Å². The van der Waals surface area contributed by atoms with Crippen LogP contribution in [-0.4, -0.2) is 16.9 Å². The topological polar surface area (TPSA) is 82.0 Å². The van der Waals surface area contributed by atoms with Gasteiger partial charge in [-0.25, -0.2) is 0 Å². The van der Waals surface area contributed by atoms with Gasteiger partial charge in [-0.2, -0.15) is 0 Å². The number of aromatic nitrogens is 1. The summed E-state index contributed by atoms with van der Waals surface area (Å²) in [4.78, 5) is 14.8. The minimum atomic E-state index is -0.645. The lowest BCUT2D eigenvalue weighted by Gasteiger charge is -2.08. The Morgan fingerprint density at radius 3 is 2.92 bits per heavy atom. The molecule has 1 unspecified atom stereocenters. The summed E-state index contributed by atoms with van der Waals surface area (Å²) in [5, 5.41) is 0. The van der Waals surface area contributed by atoms with Crippen LogP contribution in [0.15, 0.2) is 18.3 Å². The molecule has 0 bridgehead atoms. The molecule has 1 rings (SSSR count). The van der Waals surface area contributed by atoms with E-state index in [1.54, 1.807) is 6.20 Å². The Morgan fingerprint density at radius 2 is 2.38 bits per heavy atom. The van der Waals surface area contributed by atoms with E-state index in [4.69, 9.17) is 11.5 Å². The third-order valence-electron chi connectivity index (χ3n) is 1.90. The SMILES string of the molecule is Cc1cccnc1CC(N)C(N)=O. The number of carbonyl (C=O) groups is 1. The van der Waals surface area contributed by atoms with Gasteiger partial charge in [-0.3, -0.25) is 9.78 Å². The third-order valence-corrected chi connectivity index (χ3v) is 1.90. The summed E-state index contributed by atoms with van der Waals surface area (Å²) in [6.45, 7) is 1.93. The average Bonchev–Trinajstić information content (AvgIpc) is 2.08. The first-order valence-corrected chi connectivity index (χ1v) is 4.06. The molecule has 4 N–H and O–H groups in total. The minimum absolute atomic E-state index is 0.405. The summed E-state index contributed by atoms with van der Waals surface area (Å²) in [7, 11) is 0. The molecular weight excluding hydrogens is 166 g/mol. The maximum Gasteiger partial charge on any atom is 0.234 e. The first-order chi connectivity index (χ1) is 6.11. The van der Waals surface area contributed by atoms with Crippen molar-refractivity contribution in [3.05, 3.63) is 29.6 Å². The number of nitrogens with two attached hydrogens (primary N) is 2. The molecule has 1 aromatic rings. The molecule has 0 fully saturated rings. The van der Waals surface area contributed by atoms with Gasteiger partial charge in [0.2, 0.25) is 5.91 Å². The van der Waals surface area contributed by atoms with E-state index in [1.165, 1.54) is 0 Å². The maximum absolute atomic E-state index is 10.7. The molecule has 0 saturated heterocycles. The molecule has 4 heteroatoms. The van der Waals surface area contributed by atoms with E-state index in [0.29, 0.717) is 6.42 Å². The molecule has 0 aliphatic rings. The molecule has 0 radical (unpaired) electrons. The molecule has 1 amide bonds. The Bertz CT molecular complexity index is 311. The zero-order valence-electron chi connectivity index (χ0n) is 7.53. The lowest BCUT2D eigenvalue weighted by Crippen LogP contribution is -2.38. The van der Waals surface area contributed by atoms with Gasteiger partial charge in [0.05, 0.1) is 6.04 Å². The van der Waals surface area contributed by atoms with Crippen molar-refractivity contribution in [3.8, 4) is 0 Å². The highest BCUT2D eigenvalue weighted by molar-refractivity contribution is 5.79. The number of pyridine rings is 1. The van der Waals surface area contributed by atoms with Gasteiger partial charge in [0.15, 0.2) is 0 Å². The van der Waals surface area contributed by atoms with E-state index in [-0.39, 0.29) is 0 Å². The van der Waals surface area contributed by atoms with Crippen LogP contribution in [0.1, 0.15) is 11.3 Å². The van der Waals surface area contributed by atoms with E-state index in [2.05, 4.69) is 4.98 Å². The Morgan fingerprint density at radius 1 is 1.69 bits per heavy atom. The van der Waals surface area contributed by atoms with Gasteiger partial charge in [-0.15, -0.1) is 0 Å². The fourth-order valence-electron chi connectivity index (χ4n) is 1.04. The fraction of sp³-hybridized carbons (Fsp3) is 0.333. The van der Waals surface area contributed by atoms with Crippen LogP contribution >= 0.6 is 0 Å². The lowest BCUT2D eigenvalue weighted by molar-refractivity contribution is -0.119. The van der Waals surface area contributed by atoms with Crippen molar-refractivity contribution in [2.75, 3.05) is 0 Å². The molecule has 0 aromatic carbocycles. The zero-order valence-corrected chi connectivity index (χ0v) is 7.53.